The van der Waals surface area contributed by atoms with Crippen molar-refractivity contribution in [3.8, 4) is 22.9 Å². The van der Waals surface area contributed by atoms with Gasteiger partial charge < -0.3 is 9.47 Å². The number of hydrogen-bond acceptors (Lipinski definition) is 4. The second kappa shape index (κ2) is 6.08. The Labute approximate surface area is 133 Å². The van der Waals surface area contributed by atoms with Crippen molar-refractivity contribution < 1.29 is 9.47 Å². The summed E-state index contributed by atoms with van der Waals surface area (Å²) < 4.78 is 11.3. The highest BCUT2D eigenvalue weighted by Gasteiger charge is 2.17. The fraction of sp³-hybridized carbons (Fsp3) is 0.333. The summed E-state index contributed by atoms with van der Waals surface area (Å²) in [6.45, 7) is 3.21. The second-order valence-electron chi connectivity index (χ2n) is 4.69. The first-order valence-corrected chi connectivity index (χ1v) is 7.56. The Morgan fingerprint density at radius 1 is 1.10 bits per heavy atom. The Bertz CT molecular complexity index is 677. The van der Waals surface area contributed by atoms with Crippen molar-refractivity contribution >= 4 is 23.2 Å². The van der Waals surface area contributed by atoms with Crippen LogP contribution < -0.4 is 9.47 Å². The lowest BCUT2D eigenvalue weighted by Gasteiger charge is -2.11. The SMILES string of the molecule is CCc1cc(Cl)nc(-c2cc(Cl)c3c(c2)OCCCO3)n1. The van der Waals surface area contributed by atoms with Gasteiger partial charge in [0.25, 0.3) is 0 Å². The molecule has 0 atom stereocenters. The van der Waals surface area contributed by atoms with Gasteiger partial charge in [-0.1, -0.05) is 30.1 Å². The molecule has 0 fully saturated rings. The van der Waals surface area contributed by atoms with Crippen LogP contribution in [0.15, 0.2) is 18.2 Å². The predicted molar refractivity (Wildman–Crippen MR) is 82.5 cm³/mol. The summed E-state index contributed by atoms with van der Waals surface area (Å²) in [5.41, 5.74) is 1.65. The molecular weight excluding hydrogens is 311 g/mol. The molecule has 4 nitrogen and oxygen atoms in total. The summed E-state index contributed by atoms with van der Waals surface area (Å²) in [6, 6.07) is 5.38. The molecular formula is C15H14Cl2N2O2. The van der Waals surface area contributed by atoms with Crippen LogP contribution in [0, 0.1) is 0 Å². The quantitative estimate of drug-likeness (QED) is 0.777. The Morgan fingerprint density at radius 3 is 2.71 bits per heavy atom. The van der Waals surface area contributed by atoms with E-state index in [0.717, 1.165) is 24.1 Å². The summed E-state index contributed by atoms with van der Waals surface area (Å²) in [7, 11) is 0. The Balaban J connectivity index is 2.09. The Morgan fingerprint density at radius 2 is 1.90 bits per heavy atom. The number of hydrogen-bond donors (Lipinski definition) is 0. The van der Waals surface area contributed by atoms with Crippen LogP contribution in [0.1, 0.15) is 19.0 Å². The molecule has 0 bridgehead atoms. The molecule has 1 aliphatic rings. The van der Waals surface area contributed by atoms with E-state index in [2.05, 4.69) is 9.97 Å². The third-order valence-corrected chi connectivity index (χ3v) is 3.64. The van der Waals surface area contributed by atoms with Gasteiger partial charge in [-0.05, 0) is 24.6 Å². The van der Waals surface area contributed by atoms with Gasteiger partial charge in [-0.2, -0.15) is 0 Å². The van der Waals surface area contributed by atoms with Crippen molar-refractivity contribution in [3.05, 3.63) is 34.1 Å². The van der Waals surface area contributed by atoms with Gasteiger partial charge in [0, 0.05) is 17.7 Å². The number of ether oxygens (including phenoxy) is 2. The highest BCUT2D eigenvalue weighted by atomic mass is 35.5. The molecule has 1 aliphatic heterocycles. The van der Waals surface area contributed by atoms with Crippen LogP contribution in [0.4, 0.5) is 0 Å². The van der Waals surface area contributed by atoms with Crippen LogP contribution in [-0.4, -0.2) is 23.2 Å². The van der Waals surface area contributed by atoms with Crippen LogP contribution in [0.25, 0.3) is 11.4 Å². The van der Waals surface area contributed by atoms with E-state index < -0.39 is 0 Å². The van der Waals surface area contributed by atoms with Gasteiger partial charge >= 0.3 is 0 Å². The van der Waals surface area contributed by atoms with E-state index in [1.54, 1.807) is 12.1 Å². The molecule has 2 heterocycles. The van der Waals surface area contributed by atoms with Crippen molar-refractivity contribution in [2.75, 3.05) is 13.2 Å². The molecule has 0 radical (unpaired) electrons. The zero-order valence-electron chi connectivity index (χ0n) is 11.5. The summed E-state index contributed by atoms with van der Waals surface area (Å²) in [4.78, 5) is 8.75. The lowest BCUT2D eigenvalue weighted by molar-refractivity contribution is 0.297. The molecule has 1 aromatic carbocycles. The topological polar surface area (TPSA) is 44.2 Å². The van der Waals surface area contributed by atoms with Crippen LogP contribution >= 0.6 is 23.2 Å². The fourth-order valence-electron chi connectivity index (χ4n) is 2.13. The van der Waals surface area contributed by atoms with E-state index in [4.69, 9.17) is 32.7 Å². The highest BCUT2D eigenvalue weighted by Crippen LogP contribution is 2.40. The molecule has 2 aromatic rings. The third kappa shape index (κ3) is 3.06. The number of aryl methyl sites for hydroxylation is 1. The second-order valence-corrected chi connectivity index (χ2v) is 5.49. The molecule has 1 aromatic heterocycles. The van der Waals surface area contributed by atoms with E-state index in [-0.39, 0.29) is 0 Å². The Kier molecular flexibility index (Phi) is 4.17. The van der Waals surface area contributed by atoms with Gasteiger partial charge in [0.05, 0.1) is 18.2 Å². The number of aromatic nitrogens is 2. The molecule has 0 unspecified atom stereocenters. The number of nitrogens with zero attached hydrogens (tertiary/aromatic N) is 2. The van der Waals surface area contributed by atoms with E-state index in [9.17, 15) is 0 Å². The predicted octanol–water partition coefficient (Wildman–Crippen LogP) is 4.17. The first-order valence-electron chi connectivity index (χ1n) is 6.80. The maximum Gasteiger partial charge on any atom is 0.179 e. The van der Waals surface area contributed by atoms with Gasteiger partial charge in [-0.15, -0.1) is 0 Å². The van der Waals surface area contributed by atoms with Crippen LogP contribution in [0.2, 0.25) is 10.2 Å². The molecule has 0 amide bonds. The minimum absolute atomic E-state index is 0.417. The average Bonchev–Trinajstić information content (AvgIpc) is 2.72. The highest BCUT2D eigenvalue weighted by molar-refractivity contribution is 6.32. The molecule has 0 saturated carbocycles. The molecule has 3 rings (SSSR count). The first kappa shape index (κ1) is 14.4. The molecule has 110 valence electrons. The minimum Gasteiger partial charge on any atom is -0.489 e. The van der Waals surface area contributed by atoms with E-state index in [0.29, 0.717) is 40.7 Å². The van der Waals surface area contributed by atoms with Gasteiger partial charge in [-0.25, -0.2) is 9.97 Å². The zero-order valence-corrected chi connectivity index (χ0v) is 13.0. The summed E-state index contributed by atoms with van der Waals surface area (Å²) in [5.74, 6) is 1.74. The number of halogens is 2. The van der Waals surface area contributed by atoms with Crippen molar-refractivity contribution in [2.24, 2.45) is 0 Å². The first-order chi connectivity index (χ1) is 10.2. The normalized spacial score (nSPS) is 13.9. The summed E-state index contributed by atoms with van der Waals surface area (Å²) >= 11 is 12.3. The Hall–Kier alpha value is -1.52. The van der Waals surface area contributed by atoms with Crippen LogP contribution in [0.5, 0.6) is 11.5 Å². The average molecular weight is 325 g/mol. The number of fused-ring (bicyclic) bond motifs is 1. The molecule has 0 N–H and O–H groups in total. The number of benzene rings is 1. The minimum atomic E-state index is 0.417. The maximum atomic E-state index is 6.29. The van der Waals surface area contributed by atoms with Gasteiger partial charge in [0.1, 0.15) is 5.15 Å². The zero-order chi connectivity index (χ0) is 14.8. The van der Waals surface area contributed by atoms with Crippen LogP contribution in [-0.2, 0) is 6.42 Å². The van der Waals surface area contributed by atoms with E-state index in [1.807, 2.05) is 13.0 Å². The molecule has 0 spiro atoms. The van der Waals surface area contributed by atoms with E-state index >= 15 is 0 Å². The molecule has 0 saturated heterocycles. The monoisotopic (exact) mass is 324 g/mol. The lowest BCUT2D eigenvalue weighted by atomic mass is 10.1. The largest absolute Gasteiger partial charge is 0.489 e. The summed E-state index contributed by atoms with van der Waals surface area (Å²) in [6.07, 6.45) is 1.61. The molecule has 0 aliphatic carbocycles. The van der Waals surface area contributed by atoms with Crippen molar-refractivity contribution in [2.45, 2.75) is 19.8 Å². The lowest BCUT2D eigenvalue weighted by Crippen LogP contribution is -1.97. The van der Waals surface area contributed by atoms with Gasteiger partial charge in [-0.3, -0.25) is 0 Å². The number of rotatable bonds is 2. The van der Waals surface area contributed by atoms with Crippen molar-refractivity contribution in [3.63, 3.8) is 0 Å². The van der Waals surface area contributed by atoms with Crippen LogP contribution in [0.3, 0.4) is 0 Å². The van der Waals surface area contributed by atoms with Gasteiger partial charge in [0.2, 0.25) is 0 Å². The smallest absolute Gasteiger partial charge is 0.179 e. The molecule has 21 heavy (non-hydrogen) atoms. The van der Waals surface area contributed by atoms with E-state index in [1.165, 1.54) is 0 Å². The van der Waals surface area contributed by atoms with Gasteiger partial charge in [0.15, 0.2) is 17.3 Å². The fourth-order valence-corrected chi connectivity index (χ4v) is 2.61. The van der Waals surface area contributed by atoms with Crippen molar-refractivity contribution in [1.29, 1.82) is 0 Å². The molecule has 6 heteroatoms. The maximum absolute atomic E-state index is 6.29. The third-order valence-electron chi connectivity index (χ3n) is 3.17. The summed E-state index contributed by atoms with van der Waals surface area (Å²) in [5, 5.41) is 0.908. The van der Waals surface area contributed by atoms with Crippen molar-refractivity contribution in [1.82, 2.24) is 9.97 Å². The standard InChI is InChI=1S/C15H14Cl2N2O2/c1-2-10-8-13(17)19-15(18-10)9-6-11(16)14-12(7-9)20-4-3-5-21-14/h6-8H,2-5H2,1H3.